The summed E-state index contributed by atoms with van der Waals surface area (Å²) in [5, 5.41) is 14.4. The number of carbonyl (C=O) groups is 1. The Morgan fingerprint density at radius 3 is 2.57 bits per heavy atom. The highest BCUT2D eigenvalue weighted by atomic mass is 35.5. The van der Waals surface area contributed by atoms with Crippen molar-refractivity contribution in [2.24, 2.45) is 0 Å². The predicted molar refractivity (Wildman–Crippen MR) is 90.4 cm³/mol. The first-order valence-corrected chi connectivity index (χ1v) is 7.45. The lowest BCUT2D eigenvalue weighted by molar-refractivity contribution is -0.129. The highest BCUT2D eigenvalue weighted by Crippen LogP contribution is 2.45. The fourth-order valence-corrected chi connectivity index (χ4v) is 2.96. The average molecular weight is 333 g/mol. The number of ether oxygens (including phenoxy) is 1. The lowest BCUT2D eigenvalue weighted by atomic mass is 9.86. The van der Waals surface area contributed by atoms with Crippen molar-refractivity contribution in [2.75, 3.05) is 31.4 Å². The van der Waals surface area contributed by atoms with Gasteiger partial charge in [0.05, 0.1) is 7.11 Å². The van der Waals surface area contributed by atoms with E-state index in [2.05, 4.69) is 5.32 Å². The van der Waals surface area contributed by atoms with Crippen molar-refractivity contribution in [2.45, 2.75) is 5.60 Å². The van der Waals surface area contributed by atoms with Crippen LogP contribution in [0.5, 0.6) is 5.75 Å². The van der Waals surface area contributed by atoms with E-state index in [-0.39, 0.29) is 0 Å². The Balaban J connectivity index is 2.27. The van der Waals surface area contributed by atoms with Crippen LogP contribution in [-0.2, 0) is 10.4 Å². The zero-order valence-corrected chi connectivity index (χ0v) is 13.8. The molecule has 0 saturated carbocycles. The number of methoxy groups -OCH3 is 1. The predicted octanol–water partition coefficient (Wildman–Crippen LogP) is 2.60. The van der Waals surface area contributed by atoms with Crippen molar-refractivity contribution in [3.05, 3.63) is 52.5 Å². The molecule has 2 N–H and O–H groups in total. The van der Waals surface area contributed by atoms with E-state index in [1.165, 1.54) is 7.11 Å². The van der Waals surface area contributed by atoms with Gasteiger partial charge < -0.3 is 20.1 Å². The molecule has 1 aliphatic heterocycles. The molecule has 2 aromatic rings. The van der Waals surface area contributed by atoms with Gasteiger partial charge in [-0.25, -0.2) is 0 Å². The highest BCUT2D eigenvalue weighted by Gasteiger charge is 2.48. The Morgan fingerprint density at radius 2 is 1.91 bits per heavy atom. The van der Waals surface area contributed by atoms with E-state index in [4.69, 9.17) is 16.3 Å². The second-order valence-electron chi connectivity index (χ2n) is 5.63. The third kappa shape index (κ3) is 2.33. The van der Waals surface area contributed by atoms with Crippen molar-refractivity contribution >= 4 is 28.9 Å². The van der Waals surface area contributed by atoms with Crippen molar-refractivity contribution in [3.63, 3.8) is 0 Å². The standard InChI is InChI=1S/C17H17ClN2O3/c1-20(2)11-5-7-15(23-3)13(9-11)17(22)12-8-10(18)4-6-14(12)19-16(17)21/h4-9,22H,1-3H3,(H,19,21). The van der Waals surface area contributed by atoms with Gasteiger partial charge in [0, 0.05) is 41.6 Å². The molecule has 6 heteroatoms. The number of hydrogen-bond donors (Lipinski definition) is 2. The number of rotatable bonds is 3. The van der Waals surface area contributed by atoms with Crippen LogP contribution in [0.4, 0.5) is 11.4 Å². The molecule has 1 aliphatic rings. The lowest BCUT2D eigenvalue weighted by Gasteiger charge is -2.25. The fraction of sp³-hybridized carbons (Fsp3) is 0.235. The molecule has 5 nitrogen and oxygen atoms in total. The summed E-state index contributed by atoms with van der Waals surface area (Å²) >= 11 is 6.05. The molecule has 1 unspecified atom stereocenters. The number of carbonyl (C=O) groups excluding carboxylic acids is 1. The first kappa shape index (κ1) is 15.6. The van der Waals surface area contributed by atoms with Gasteiger partial charge >= 0.3 is 0 Å². The van der Waals surface area contributed by atoms with Gasteiger partial charge in [-0.2, -0.15) is 0 Å². The van der Waals surface area contributed by atoms with Crippen molar-refractivity contribution in [3.8, 4) is 5.75 Å². The largest absolute Gasteiger partial charge is 0.496 e. The zero-order chi connectivity index (χ0) is 16.8. The van der Waals surface area contributed by atoms with E-state index in [1.54, 1.807) is 30.3 Å². The summed E-state index contributed by atoms with van der Waals surface area (Å²) in [5.41, 5.74) is 0.336. The van der Waals surface area contributed by atoms with Crippen molar-refractivity contribution < 1.29 is 14.6 Å². The Hall–Kier alpha value is -2.24. The number of nitrogens with one attached hydrogen (secondary N) is 1. The lowest BCUT2D eigenvalue weighted by Crippen LogP contribution is -2.36. The maximum Gasteiger partial charge on any atom is 0.266 e. The van der Waals surface area contributed by atoms with E-state index < -0.39 is 11.5 Å². The van der Waals surface area contributed by atoms with Crippen LogP contribution in [0.25, 0.3) is 0 Å². The number of anilines is 2. The number of amides is 1. The molecule has 0 spiro atoms. The Kier molecular flexibility index (Phi) is 3.70. The van der Waals surface area contributed by atoms with Crippen LogP contribution >= 0.6 is 11.6 Å². The van der Waals surface area contributed by atoms with E-state index in [1.807, 2.05) is 25.1 Å². The van der Waals surface area contributed by atoms with Crippen molar-refractivity contribution in [1.82, 2.24) is 0 Å². The second kappa shape index (κ2) is 5.44. The summed E-state index contributed by atoms with van der Waals surface area (Å²) < 4.78 is 5.36. The first-order valence-electron chi connectivity index (χ1n) is 7.07. The number of nitrogens with zero attached hydrogens (tertiary/aromatic N) is 1. The van der Waals surface area contributed by atoms with Gasteiger partial charge in [0.2, 0.25) is 0 Å². The molecular weight excluding hydrogens is 316 g/mol. The SMILES string of the molecule is COc1ccc(N(C)C)cc1C1(O)C(=O)Nc2ccc(Cl)cc21. The van der Waals surface area contributed by atoms with Crippen LogP contribution in [0.15, 0.2) is 36.4 Å². The van der Waals surface area contributed by atoms with Gasteiger partial charge in [0.1, 0.15) is 5.75 Å². The number of fused-ring (bicyclic) bond motifs is 1. The molecule has 1 heterocycles. The molecule has 0 aromatic heterocycles. The van der Waals surface area contributed by atoms with Crippen LogP contribution in [0, 0.1) is 0 Å². The van der Waals surface area contributed by atoms with Crippen LogP contribution in [0.1, 0.15) is 11.1 Å². The van der Waals surface area contributed by atoms with Crippen LogP contribution in [0.3, 0.4) is 0 Å². The monoisotopic (exact) mass is 332 g/mol. The molecule has 0 saturated heterocycles. The smallest absolute Gasteiger partial charge is 0.266 e. The van der Waals surface area contributed by atoms with E-state index in [9.17, 15) is 9.90 Å². The molecule has 1 atom stereocenters. The number of hydrogen-bond acceptors (Lipinski definition) is 4. The molecule has 0 radical (unpaired) electrons. The quantitative estimate of drug-likeness (QED) is 0.907. The summed E-state index contributed by atoms with van der Waals surface area (Å²) in [7, 11) is 5.27. The van der Waals surface area contributed by atoms with Gasteiger partial charge in [-0.15, -0.1) is 0 Å². The minimum Gasteiger partial charge on any atom is -0.496 e. The van der Waals surface area contributed by atoms with E-state index in [0.717, 1.165) is 5.69 Å². The van der Waals surface area contributed by atoms with Crippen LogP contribution in [0.2, 0.25) is 5.02 Å². The maximum absolute atomic E-state index is 12.5. The minimum absolute atomic E-state index is 0.379. The summed E-state index contributed by atoms with van der Waals surface area (Å²) in [6, 6.07) is 10.3. The van der Waals surface area contributed by atoms with Gasteiger partial charge in [0.15, 0.2) is 5.60 Å². The topological polar surface area (TPSA) is 61.8 Å². The van der Waals surface area contributed by atoms with E-state index in [0.29, 0.717) is 27.6 Å². The number of benzene rings is 2. The Bertz CT molecular complexity index is 791. The molecule has 0 bridgehead atoms. The number of aliphatic hydroxyl groups is 1. The summed E-state index contributed by atoms with van der Waals surface area (Å²) in [6.45, 7) is 0. The third-order valence-electron chi connectivity index (χ3n) is 4.04. The Morgan fingerprint density at radius 1 is 1.17 bits per heavy atom. The van der Waals surface area contributed by atoms with Gasteiger partial charge in [0.25, 0.3) is 5.91 Å². The normalized spacial score (nSPS) is 19.3. The van der Waals surface area contributed by atoms with Gasteiger partial charge in [-0.3, -0.25) is 4.79 Å². The van der Waals surface area contributed by atoms with Gasteiger partial charge in [-0.1, -0.05) is 11.6 Å². The third-order valence-corrected chi connectivity index (χ3v) is 4.27. The van der Waals surface area contributed by atoms with Crippen LogP contribution < -0.4 is 15.0 Å². The fourth-order valence-electron chi connectivity index (χ4n) is 2.78. The zero-order valence-electron chi connectivity index (χ0n) is 13.1. The Labute approximate surface area is 139 Å². The first-order chi connectivity index (χ1) is 10.9. The van der Waals surface area contributed by atoms with Crippen molar-refractivity contribution in [1.29, 1.82) is 0 Å². The number of halogens is 1. The van der Waals surface area contributed by atoms with Crippen LogP contribution in [-0.4, -0.2) is 32.2 Å². The molecule has 1 amide bonds. The molecule has 23 heavy (non-hydrogen) atoms. The molecule has 120 valence electrons. The molecule has 0 aliphatic carbocycles. The summed E-state index contributed by atoms with van der Waals surface area (Å²) in [4.78, 5) is 14.4. The molecular formula is C17H17ClN2O3. The molecule has 0 fully saturated rings. The highest BCUT2D eigenvalue weighted by molar-refractivity contribution is 6.31. The molecule has 2 aromatic carbocycles. The summed E-state index contributed by atoms with van der Waals surface area (Å²) in [6.07, 6.45) is 0. The minimum atomic E-state index is -1.85. The maximum atomic E-state index is 12.5. The van der Waals surface area contributed by atoms with E-state index >= 15 is 0 Å². The average Bonchev–Trinajstić information content (AvgIpc) is 2.79. The van der Waals surface area contributed by atoms with Gasteiger partial charge in [-0.05, 0) is 36.4 Å². The second-order valence-corrected chi connectivity index (χ2v) is 6.07. The summed E-state index contributed by atoms with van der Waals surface area (Å²) in [5.74, 6) is -0.0925. The molecule has 3 rings (SSSR count).